The highest BCUT2D eigenvalue weighted by Crippen LogP contribution is 2.23. The average Bonchev–Trinajstić information content (AvgIpc) is 3.06. The van der Waals surface area contributed by atoms with Crippen LogP contribution in [0.25, 0.3) is 0 Å². The molecule has 1 atom stereocenters. The monoisotopic (exact) mass is 294 g/mol. The summed E-state index contributed by atoms with van der Waals surface area (Å²) < 4.78 is 7.02. The van der Waals surface area contributed by atoms with Gasteiger partial charge in [0.1, 0.15) is 11.6 Å². The van der Waals surface area contributed by atoms with Crippen LogP contribution >= 0.6 is 0 Å². The molecule has 2 rings (SSSR count). The second-order valence-electron chi connectivity index (χ2n) is 5.56. The van der Waals surface area contributed by atoms with Crippen molar-refractivity contribution in [2.24, 2.45) is 0 Å². The Morgan fingerprint density at radius 1 is 1.38 bits per heavy atom. The van der Waals surface area contributed by atoms with E-state index < -0.39 is 5.97 Å². The number of anilines is 1. The number of ether oxygens (including phenoxy) is 1. The zero-order chi connectivity index (χ0) is 15.4. The van der Waals surface area contributed by atoms with E-state index in [9.17, 15) is 4.79 Å². The van der Waals surface area contributed by atoms with Crippen molar-refractivity contribution >= 4 is 11.8 Å². The molecule has 1 aromatic heterocycles. The van der Waals surface area contributed by atoms with Crippen LogP contribution in [0.2, 0.25) is 0 Å². The van der Waals surface area contributed by atoms with E-state index in [1.54, 1.807) is 6.92 Å². The first-order valence-electron chi connectivity index (χ1n) is 7.84. The number of nitrogens with two attached hydrogens (primary N) is 1. The molecule has 2 heterocycles. The number of nitrogen functional groups attached to an aromatic ring is 1. The number of imidazole rings is 1. The van der Waals surface area contributed by atoms with E-state index in [0.717, 1.165) is 31.9 Å². The van der Waals surface area contributed by atoms with Gasteiger partial charge in [-0.3, -0.25) is 0 Å². The molecule has 1 unspecified atom stereocenters. The molecule has 0 aliphatic carbocycles. The highest BCUT2D eigenvalue weighted by molar-refractivity contribution is 5.92. The van der Waals surface area contributed by atoms with Crippen LogP contribution in [0.5, 0.6) is 0 Å². The topological polar surface area (TPSA) is 73.4 Å². The van der Waals surface area contributed by atoms with Crippen LogP contribution in [-0.4, -0.2) is 46.7 Å². The Morgan fingerprint density at radius 2 is 2.05 bits per heavy atom. The van der Waals surface area contributed by atoms with Gasteiger partial charge in [0.2, 0.25) is 0 Å². The summed E-state index contributed by atoms with van der Waals surface area (Å²) in [4.78, 5) is 18.8. The van der Waals surface area contributed by atoms with Gasteiger partial charge in [0.15, 0.2) is 5.69 Å². The van der Waals surface area contributed by atoms with Crippen molar-refractivity contribution in [3.63, 3.8) is 0 Å². The van der Waals surface area contributed by atoms with Gasteiger partial charge >= 0.3 is 5.97 Å². The molecule has 0 radical (unpaired) electrons. The number of carbonyl (C=O) groups is 1. The van der Waals surface area contributed by atoms with Crippen LogP contribution in [0.15, 0.2) is 0 Å². The lowest BCUT2D eigenvalue weighted by molar-refractivity contribution is 0.0521. The van der Waals surface area contributed by atoms with Crippen molar-refractivity contribution in [2.45, 2.75) is 46.1 Å². The van der Waals surface area contributed by atoms with Crippen LogP contribution in [-0.2, 0) is 11.2 Å². The van der Waals surface area contributed by atoms with Crippen molar-refractivity contribution < 1.29 is 9.53 Å². The van der Waals surface area contributed by atoms with Gasteiger partial charge in [-0.15, -0.1) is 0 Å². The van der Waals surface area contributed by atoms with Crippen LogP contribution in [0, 0.1) is 0 Å². The lowest BCUT2D eigenvalue weighted by Crippen LogP contribution is -2.28. The van der Waals surface area contributed by atoms with Crippen molar-refractivity contribution in [3.8, 4) is 0 Å². The zero-order valence-electron chi connectivity index (χ0n) is 13.3. The molecular formula is C15H26N4O2. The van der Waals surface area contributed by atoms with Gasteiger partial charge in [-0.25, -0.2) is 9.78 Å². The molecule has 6 heteroatoms. The third kappa shape index (κ3) is 3.37. The summed E-state index contributed by atoms with van der Waals surface area (Å²) in [6.45, 7) is 9.49. The maximum absolute atomic E-state index is 11.9. The number of hydrogen-bond donors (Lipinski definition) is 1. The van der Waals surface area contributed by atoms with Gasteiger partial charge in [-0.2, -0.15) is 0 Å². The summed E-state index contributed by atoms with van der Waals surface area (Å²) in [6.07, 6.45) is 3.27. The Labute approximate surface area is 126 Å². The number of likely N-dealkylation sites (tertiary alicyclic amines) is 1. The molecule has 0 amide bonds. The first-order chi connectivity index (χ1) is 10.1. The van der Waals surface area contributed by atoms with Crippen molar-refractivity contribution in [1.29, 1.82) is 0 Å². The fourth-order valence-corrected chi connectivity index (χ4v) is 3.00. The second-order valence-corrected chi connectivity index (χ2v) is 5.56. The molecule has 0 bridgehead atoms. The van der Waals surface area contributed by atoms with Gasteiger partial charge in [-0.1, -0.05) is 6.92 Å². The van der Waals surface area contributed by atoms with Crippen LogP contribution in [0.4, 0.5) is 5.82 Å². The number of aromatic nitrogens is 2. The maximum atomic E-state index is 11.9. The minimum Gasteiger partial charge on any atom is -0.461 e. The molecule has 0 aromatic carbocycles. The number of hydrogen-bond acceptors (Lipinski definition) is 5. The van der Waals surface area contributed by atoms with Crippen LogP contribution in [0.1, 0.15) is 56.0 Å². The summed E-state index contributed by atoms with van der Waals surface area (Å²) >= 11 is 0. The smallest absolute Gasteiger partial charge is 0.360 e. The predicted octanol–water partition coefficient (Wildman–Crippen LogP) is 1.86. The number of carbonyl (C=O) groups excluding carboxylic acids is 1. The third-order valence-electron chi connectivity index (χ3n) is 3.97. The number of esters is 1. The lowest BCUT2D eigenvalue weighted by atomic mass is 10.3. The van der Waals surface area contributed by atoms with Crippen molar-refractivity contribution in [1.82, 2.24) is 14.5 Å². The largest absolute Gasteiger partial charge is 0.461 e. The summed E-state index contributed by atoms with van der Waals surface area (Å²) in [6, 6.07) is 0.203. The molecule has 1 aliphatic rings. The van der Waals surface area contributed by atoms with E-state index in [-0.39, 0.29) is 11.7 Å². The number of aryl methyl sites for hydroxylation is 1. The molecule has 1 fully saturated rings. The molecule has 6 nitrogen and oxygen atoms in total. The van der Waals surface area contributed by atoms with E-state index >= 15 is 0 Å². The van der Waals surface area contributed by atoms with Gasteiger partial charge in [0, 0.05) is 19.0 Å². The third-order valence-corrected chi connectivity index (χ3v) is 3.97. The Balaban J connectivity index is 2.22. The fourth-order valence-electron chi connectivity index (χ4n) is 3.00. The fraction of sp³-hybridized carbons (Fsp3) is 0.733. The van der Waals surface area contributed by atoms with Crippen LogP contribution in [0.3, 0.4) is 0 Å². The molecular weight excluding hydrogens is 268 g/mol. The maximum Gasteiger partial charge on any atom is 0.360 e. The molecule has 0 saturated carbocycles. The first kappa shape index (κ1) is 15.8. The SMILES string of the molecule is CCOC(=O)c1nc(CC)n(C(C)CN2CCCC2)c1N. The lowest BCUT2D eigenvalue weighted by Gasteiger charge is -2.23. The molecule has 2 N–H and O–H groups in total. The van der Waals surface area contributed by atoms with Gasteiger partial charge in [-0.05, 0) is 39.8 Å². The second kappa shape index (κ2) is 6.93. The molecule has 0 spiro atoms. The normalized spacial score (nSPS) is 17.1. The van der Waals surface area contributed by atoms with E-state index in [0.29, 0.717) is 12.4 Å². The number of rotatable bonds is 6. The predicted molar refractivity (Wildman–Crippen MR) is 82.4 cm³/mol. The molecule has 1 aromatic rings. The molecule has 1 saturated heterocycles. The van der Waals surface area contributed by atoms with E-state index in [2.05, 4.69) is 16.8 Å². The quantitative estimate of drug-likeness (QED) is 0.811. The van der Waals surface area contributed by atoms with E-state index in [4.69, 9.17) is 10.5 Å². The van der Waals surface area contributed by atoms with Crippen LogP contribution < -0.4 is 5.73 Å². The summed E-state index contributed by atoms with van der Waals surface area (Å²) in [5.41, 5.74) is 6.42. The minimum atomic E-state index is -0.433. The Kier molecular flexibility index (Phi) is 5.22. The summed E-state index contributed by atoms with van der Waals surface area (Å²) in [5.74, 6) is 0.844. The highest BCUT2D eigenvalue weighted by Gasteiger charge is 2.25. The van der Waals surface area contributed by atoms with E-state index in [1.807, 2.05) is 11.5 Å². The summed E-state index contributed by atoms with van der Waals surface area (Å²) in [7, 11) is 0. The number of nitrogens with zero attached hydrogens (tertiary/aromatic N) is 3. The Morgan fingerprint density at radius 3 is 2.62 bits per heavy atom. The highest BCUT2D eigenvalue weighted by atomic mass is 16.5. The zero-order valence-corrected chi connectivity index (χ0v) is 13.3. The van der Waals surface area contributed by atoms with Crippen molar-refractivity contribution in [2.75, 3.05) is 32.0 Å². The first-order valence-corrected chi connectivity index (χ1v) is 7.84. The van der Waals surface area contributed by atoms with Crippen molar-refractivity contribution in [3.05, 3.63) is 11.5 Å². The minimum absolute atomic E-state index is 0.203. The van der Waals surface area contributed by atoms with E-state index in [1.165, 1.54) is 12.8 Å². The standard InChI is InChI=1S/C15H26N4O2/c1-4-12-17-13(15(20)21-5-2)14(16)19(12)11(3)10-18-8-6-7-9-18/h11H,4-10,16H2,1-3H3. The summed E-state index contributed by atoms with van der Waals surface area (Å²) in [5, 5.41) is 0. The Hall–Kier alpha value is -1.56. The molecule has 118 valence electrons. The Bertz CT molecular complexity index is 492. The molecule has 1 aliphatic heterocycles. The average molecular weight is 294 g/mol. The molecule has 21 heavy (non-hydrogen) atoms. The van der Waals surface area contributed by atoms with Gasteiger partial charge in [0.25, 0.3) is 0 Å². The van der Waals surface area contributed by atoms with Gasteiger partial charge < -0.3 is 19.9 Å². The van der Waals surface area contributed by atoms with Gasteiger partial charge in [0.05, 0.1) is 6.61 Å².